The number of nitrogens with one attached hydrogen (secondary N) is 1. The van der Waals surface area contributed by atoms with Crippen LogP contribution in [0.4, 0.5) is 4.79 Å². The van der Waals surface area contributed by atoms with E-state index in [4.69, 9.17) is 14.6 Å². The molecule has 3 rings (SSSR count). The molecule has 2 aromatic carbocycles. The third-order valence-electron chi connectivity index (χ3n) is 5.66. The largest absolute Gasteiger partial charge is 0.481 e. The molecule has 0 radical (unpaired) electrons. The number of ether oxygens (including phenoxy) is 2. The van der Waals surface area contributed by atoms with Gasteiger partial charge in [0, 0.05) is 19.0 Å². The van der Waals surface area contributed by atoms with Gasteiger partial charge in [0.2, 0.25) is 6.04 Å². The van der Waals surface area contributed by atoms with Crippen molar-refractivity contribution in [2.75, 3.05) is 26.3 Å². The molecule has 1 aliphatic carbocycles. The monoisotopic (exact) mass is 468 g/mol. The van der Waals surface area contributed by atoms with E-state index in [0.717, 1.165) is 22.3 Å². The molecule has 2 aromatic rings. The highest BCUT2D eigenvalue weighted by Crippen LogP contribution is 2.44. The first-order valence-corrected chi connectivity index (χ1v) is 11.2. The van der Waals surface area contributed by atoms with Crippen LogP contribution in [0.3, 0.4) is 0 Å². The van der Waals surface area contributed by atoms with Crippen LogP contribution in [0, 0.1) is 0 Å². The number of hydrogen-bond acceptors (Lipinski definition) is 6. The molecule has 1 atom stereocenters. The van der Waals surface area contributed by atoms with Gasteiger partial charge in [0.05, 0.1) is 13.0 Å². The summed E-state index contributed by atoms with van der Waals surface area (Å²) in [6.45, 7) is 3.31. The normalized spacial score (nSPS) is 12.8. The maximum atomic E-state index is 12.9. The number of carbonyl (C=O) groups is 4. The van der Waals surface area contributed by atoms with Crippen LogP contribution in [0.5, 0.6) is 0 Å². The number of alkyl carbamates (subject to hydrolysis) is 1. The molecule has 0 saturated carbocycles. The summed E-state index contributed by atoms with van der Waals surface area (Å²) in [7, 11) is 0. The van der Waals surface area contributed by atoms with Crippen LogP contribution in [0.15, 0.2) is 48.5 Å². The molecule has 34 heavy (non-hydrogen) atoms. The van der Waals surface area contributed by atoms with E-state index in [9.17, 15) is 19.2 Å². The molecule has 0 spiro atoms. The Morgan fingerprint density at radius 1 is 0.971 bits per heavy atom. The number of likely N-dealkylation sites (N-methyl/N-ethyl adjacent to an activating group) is 1. The third kappa shape index (κ3) is 5.54. The number of rotatable bonds is 10. The van der Waals surface area contributed by atoms with Crippen molar-refractivity contribution in [3.05, 3.63) is 59.7 Å². The number of carbonyl (C=O) groups excluding carboxylic acids is 3. The van der Waals surface area contributed by atoms with E-state index in [-0.39, 0.29) is 38.6 Å². The number of carboxylic acids is 1. The second-order valence-corrected chi connectivity index (χ2v) is 7.72. The molecule has 9 heteroatoms. The topological polar surface area (TPSA) is 122 Å². The van der Waals surface area contributed by atoms with Crippen molar-refractivity contribution in [3.63, 3.8) is 0 Å². The zero-order chi connectivity index (χ0) is 24.7. The second kappa shape index (κ2) is 11.3. The Bertz CT molecular complexity index is 1020. The van der Waals surface area contributed by atoms with E-state index in [1.165, 1.54) is 4.90 Å². The van der Waals surface area contributed by atoms with Crippen LogP contribution < -0.4 is 5.32 Å². The molecule has 0 bridgehead atoms. The van der Waals surface area contributed by atoms with Crippen molar-refractivity contribution in [1.29, 1.82) is 0 Å². The first-order valence-electron chi connectivity index (χ1n) is 11.2. The minimum absolute atomic E-state index is 0.0102. The Hall–Kier alpha value is -3.88. The van der Waals surface area contributed by atoms with Gasteiger partial charge in [0.1, 0.15) is 6.61 Å². The fraction of sp³-hybridized carbons (Fsp3) is 0.360. The summed E-state index contributed by atoms with van der Waals surface area (Å²) in [4.78, 5) is 50.0. The average molecular weight is 469 g/mol. The number of fused-ring (bicyclic) bond motifs is 3. The summed E-state index contributed by atoms with van der Waals surface area (Å²) in [5.41, 5.74) is 4.20. The quantitative estimate of drug-likeness (QED) is 0.406. The Morgan fingerprint density at radius 3 is 2.09 bits per heavy atom. The van der Waals surface area contributed by atoms with Crippen LogP contribution in [-0.2, 0) is 23.9 Å². The Kier molecular flexibility index (Phi) is 8.24. The molecular formula is C25H28N2O7. The minimum atomic E-state index is -1.63. The zero-order valence-corrected chi connectivity index (χ0v) is 19.2. The molecule has 2 amide bonds. The molecule has 0 aliphatic heterocycles. The predicted molar refractivity (Wildman–Crippen MR) is 123 cm³/mol. The molecule has 0 saturated heterocycles. The predicted octanol–water partition coefficient (Wildman–Crippen LogP) is 2.78. The molecule has 1 unspecified atom stereocenters. The molecule has 9 nitrogen and oxygen atoms in total. The molecule has 0 aromatic heterocycles. The van der Waals surface area contributed by atoms with Gasteiger partial charge >= 0.3 is 18.0 Å². The number of benzene rings is 2. The number of amides is 2. The molecule has 1 aliphatic rings. The van der Waals surface area contributed by atoms with Gasteiger partial charge in [-0.2, -0.15) is 0 Å². The summed E-state index contributed by atoms with van der Waals surface area (Å²) in [6, 6.07) is 14.1. The zero-order valence-electron chi connectivity index (χ0n) is 19.2. The first kappa shape index (κ1) is 24.8. The van der Waals surface area contributed by atoms with E-state index < -0.39 is 30.0 Å². The van der Waals surface area contributed by atoms with Crippen molar-refractivity contribution in [2.24, 2.45) is 0 Å². The summed E-state index contributed by atoms with van der Waals surface area (Å²) in [6.07, 6.45) is -1.23. The fourth-order valence-electron chi connectivity index (χ4n) is 4.04. The molecular weight excluding hydrogens is 440 g/mol. The number of nitrogens with zero attached hydrogens (tertiary/aromatic N) is 1. The maximum Gasteiger partial charge on any atom is 0.408 e. The van der Waals surface area contributed by atoms with E-state index in [1.807, 2.05) is 48.5 Å². The van der Waals surface area contributed by atoms with Gasteiger partial charge in [-0.3, -0.25) is 14.9 Å². The van der Waals surface area contributed by atoms with Crippen LogP contribution in [0.25, 0.3) is 11.1 Å². The lowest BCUT2D eigenvalue weighted by Gasteiger charge is -2.25. The van der Waals surface area contributed by atoms with Crippen molar-refractivity contribution >= 4 is 23.9 Å². The van der Waals surface area contributed by atoms with Crippen molar-refractivity contribution in [2.45, 2.75) is 32.2 Å². The highest BCUT2D eigenvalue weighted by Gasteiger charge is 2.35. The van der Waals surface area contributed by atoms with Crippen LogP contribution in [0.1, 0.15) is 37.3 Å². The molecule has 0 fully saturated rings. The van der Waals surface area contributed by atoms with E-state index in [1.54, 1.807) is 13.8 Å². The fourth-order valence-corrected chi connectivity index (χ4v) is 4.04. The van der Waals surface area contributed by atoms with Gasteiger partial charge in [-0.15, -0.1) is 0 Å². The Morgan fingerprint density at radius 2 is 1.56 bits per heavy atom. The summed E-state index contributed by atoms with van der Waals surface area (Å²) in [5.74, 6) is -2.95. The van der Waals surface area contributed by atoms with Crippen molar-refractivity contribution in [1.82, 2.24) is 10.2 Å². The van der Waals surface area contributed by atoms with Crippen molar-refractivity contribution < 1.29 is 33.8 Å². The Balaban J connectivity index is 1.71. The van der Waals surface area contributed by atoms with Gasteiger partial charge in [0.25, 0.3) is 5.91 Å². The number of hydrogen-bond donors (Lipinski definition) is 2. The number of aliphatic carboxylic acids is 1. The smallest absolute Gasteiger partial charge is 0.408 e. The van der Waals surface area contributed by atoms with Gasteiger partial charge in [-0.25, -0.2) is 9.59 Å². The standard InChI is InChI=1S/C25H28N2O7/c1-3-27(14-13-21(28)29)23(30)22(24(31)33-4-2)26-25(32)34-15-20-18-11-7-5-9-16(18)17-10-6-8-12-19(17)20/h5-12,20,22H,3-4,13-15H2,1-2H3,(H,26,32)(H,28,29). The van der Waals surface area contributed by atoms with Gasteiger partial charge < -0.3 is 19.5 Å². The SMILES string of the molecule is CCOC(=O)C(NC(=O)OCC1c2ccccc2-c2ccccc21)C(=O)N(CC)CCC(=O)O. The molecule has 0 heterocycles. The number of esters is 1. The summed E-state index contributed by atoms with van der Waals surface area (Å²) in [5, 5.41) is 11.2. The lowest BCUT2D eigenvalue weighted by molar-refractivity contribution is -0.152. The second-order valence-electron chi connectivity index (χ2n) is 7.72. The van der Waals surface area contributed by atoms with Gasteiger partial charge in [-0.1, -0.05) is 48.5 Å². The van der Waals surface area contributed by atoms with E-state index >= 15 is 0 Å². The number of carboxylic acid groups (broad SMARTS) is 1. The van der Waals surface area contributed by atoms with Crippen LogP contribution >= 0.6 is 0 Å². The molecule has 2 N–H and O–H groups in total. The van der Waals surface area contributed by atoms with Gasteiger partial charge in [-0.05, 0) is 36.1 Å². The van der Waals surface area contributed by atoms with Crippen LogP contribution in [-0.4, -0.2) is 66.3 Å². The highest BCUT2D eigenvalue weighted by atomic mass is 16.6. The summed E-state index contributed by atoms with van der Waals surface area (Å²) < 4.78 is 10.4. The van der Waals surface area contributed by atoms with E-state index in [2.05, 4.69) is 5.32 Å². The minimum Gasteiger partial charge on any atom is -0.481 e. The highest BCUT2D eigenvalue weighted by molar-refractivity contribution is 6.04. The van der Waals surface area contributed by atoms with Gasteiger partial charge in [0.15, 0.2) is 0 Å². The maximum absolute atomic E-state index is 12.9. The van der Waals surface area contributed by atoms with Crippen molar-refractivity contribution in [3.8, 4) is 11.1 Å². The lowest BCUT2D eigenvalue weighted by Crippen LogP contribution is -2.54. The molecule has 180 valence electrons. The Labute approximate surface area is 197 Å². The third-order valence-corrected chi connectivity index (χ3v) is 5.66. The van der Waals surface area contributed by atoms with Crippen LogP contribution in [0.2, 0.25) is 0 Å². The van der Waals surface area contributed by atoms with E-state index in [0.29, 0.717) is 0 Å². The lowest BCUT2D eigenvalue weighted by atomic mass is 9.98. The average Bonchev–Trinajstić information content (AvgIpc) is 3.15. The first-order chi connectivity index (χ1) is 16.4. The summed E-state index contributed by atoms with van der Waals surface area (Å²) >= 11 is 0.